The fraction of sp³-hybridized carbons (Fsp3) is 0.733. The maximum Gasteiger partial charge on any atom is 0.334 e. The Labute approximate surface area is 109 Å². The monoisotopic (exact) mass is 250 g/mol. The van der Waals surface area contributed by atoms with Gasteiger partial charge in [0.15, 0.2) is 0 Å². The molecule has 0 unspecified atom stereocenters. The van der Waals surface area contributed by atoms with Crippen molar-refractivity contribution >= 4 is 11.8 Å². The van der Waals surface area contributed by atoms with Crippen LogP contribution in [-0.4, -0.2) is 17.9 Å². The molecule has 0 aromatic carbocycles. The first-order chi connectivity index (χ1) is 8.49. The molecule has 0 bridgehead atoms. The quantitative estimate of drug-likeness (QED) is 0.571. The van der Waals surface area contributed by atoms with Crippen LogP contribution < -0.4 is 0 Å². The molecular formula is C15H22O3. The third-order valence-corrected chi connectivity index (χ3v) is 4.54. The number of Topliss-reactive ketones (excluding diaryl/α,β-unsaturated/α-hetero) is 1. The molecule has 0 radical (unpaired) electrons. The summed E-state index contributed by atoms with van der Waals surface area (Å²) >= 11 is 0. The Morgan fingerprint density at radius 2 is 2.17 bits per heavy atom. The van der Waals surface area contributed by atoms with E-state index in [0.29, 0.717) is 23.8 Å². The van der Waals surface area contributed by atoms with Crippen molar-refractivity contribution in [2.24, 2.45) is 17.8 Å². The summed E-state index contributed by atoms with van der Waals surface area (Å²) in [5.41, 5.74) is 0.652. The van der Waals surface area contributed by atoms with E-state index < -0.39 is 0 Å². The second-order valence-electron chi connectivity index (χ2n) is 5.87. The Morgan fingerprint density at radius 3 is 2.83 bits per heavy atom. The zero-order chi connectivity index (χ0) is 13.3. The van der Waals surface area contributed by atoms with E-state index >= 15 is 0 Å². The van der Waals surface area contributed by atoms with Crippen molar-refractivity contribution in [3.05, 3.63) is 12.2 Å². The van der Waals surface area contributed by atoms with Crippen LogP contribution in [0.3, 0.4) is 0 Å². The number of rotatable bonds is 3. The second-order valence-corrected chi connectivity index (χ2v) is 5.87. The van der Waals surface area contributed by atoms with Crippen molar-refractivity contribution in [3.8, 4) is 0 Å². The van der Waals surface area contributed by atoms with Gasteiger partial charge in [-0.2, -0.15) is 0 Å². The molecule has 3 nitrogen and oxygen atoms in total. The van der Waals surface area contributed by atoms with Crippen molar-refractivity contribution in [2.75, 3.05) is 0 Å². The van der Waals surface area contributed by atoms with Crippen molar-refractivity contribution in [1.29, 1.82) is 0 Å². The first-order valence-corrected chi connectivity index (χ1v) is 6.88. The van der Waals surface area contributed by atoms with Gasteiger partial charge in [0, 0.05) is 17.9 Å². The molecule has 2 aliphatic rings. The number of hydrogen-bond donors (Lipinski definition) is 0. The van der Waals surface area contributed by atoms with Crippen LogP contribution in [0.25, 0.3) is 0 Å². The third kappa shape index (κ3) is 2.65. The first-order valence-electron chi connectivity index (χ1n) is 6.88. The minimum Gasteiger partial charge on any atom is -0.458 e. The number of hydrogen-bond acceptors (Lipinski definition) is 3. The molecule has 0 aromatic heterocycles. The Balaban J connectivity index is 1.99. The summed E-state index contributed by atoms with van der Waals surface area (Å²) in [7, 11) is 0. The van der Waals surface area contributed by atoms with Gasteiger partial charge in [-0.1, -0.05) is 13.5 Å². The van der Waals surface area contributed by atoms with Crippen molar-refractivity contribution in [3.63, 3.8) is 0 Å². The summed E-state index contributed by atoms with van der Waals surface area (Å²) < 4.78 is 5.40. The molecule has 0 amide bonds. The highest BCUT2D eigenvalue weighted by molar-refractivity contribution is 5.90. The van der Waals surface area contributed by atoms with E-state index in [2.05, 4.69) is 13.5 Å². The predicted molar refractivity (Wildman–Crippen MR) is 68.9 cm³/mol. The Kier molecular flexibility index (Phi) is 3.88. The molecule has 4 atom stereocenters. The Bertz CT molecular complexity index is 372. The molecule has 0 spiro atoms. The molecule has 2 rings (SSSR count). The lowest BCUT2D eigenvalue weighted by molar-refractivity contribution is -0.139. The van der Waals surface area contributed by atoms with Gasteiger partial charge in [-0.3, -0.25) is 0 Å². The van der Waals surface area contributed by atoms with Gasteiger partial charge in [0.25, 0.3) is 0 Å². The summed E-state index contributed by atoms with van der Waals surface area (Å²) in [6, 6.07) is 0. The van der Waals surface area contributed by atoms with Gasteiger partial charge in [0.05, 0.1) is 0 Å². The minimum absolute atomic E-state index is 0.0299. The van der Waals surface area contributed by atoms with Gasteiger partial charge in [-0.15, -0.1) is 0 Å². The van der Waals surface area contributed by atoms with E-state index in [1.807, 2.05) is 0 Å². The van der Waals surface area contributed by atoms with Crippen molar-refractivity contribution in [2.45, 2.75) is 52.1 Å². The highest BCUT2D eigenvalue weighted by Crippen LogP contribution is 2.41. The Morgan fingerprint density at radius 1 is 1.44 bits per heavy atom. The molecule has 1 aliphatic heterocycles. The minimum atomic E-state index is -0.209. The molecule has 2 fully saturated rings. The number of ether oxygens (including phenoxy) is 1. The molecule has 1 heterocycles. The maximum atomic E-state index is 11.5. The summed E-state index contributed by atoms with van der Waals surface area (Å²) in [5, 5.41) is 0. The highest BCUT2D eigenvalue weighted by Gasteiger charge is 2.42. The fourth-order valence-electron chi connectivity index (χ4n) is 3.30. The van der Waals surface area contributed by atoms with Crippen LogP contribution in [0.4, 0.5) is 0 Å². The lowest BCUT2D eigenvalue weighted by Crippen LogP contribution is -2.18. The number of fused-ring (bicyclic) bond motifs is 1. The van der Waals surface area contributed by atoms with Crippen molar-refractivity contribution < 1.29 is 14.3 Å². The van der Waals surface area contributed by atoms with Gasteiger partial charge < -0.3 is 9.53 Å². The number of carbonyl (C=O) groups is 2. The number of ketones is 1. The average molecular weight is 250 g/mol. The van der Waals surface area contributed by atoms with Gasteiger partial charge in [0.1, 0.15) is 11.9 Å². The summed E-state index contributed by atoms with van der Waals surface area (Å²) in [4.78, 5) is 22.6. The first kappa shape index (κ1) is 13.3. The molecule has 1 saturated heterocycles. The van der Waals surface area contributed by atoms with Crippen molar-refractivity contribution in [1.82, 2.24) is 0 Å². The lowest BCUT2D eigenvalue weighted by Gasteiger charge is -2.22. The summed E-state index contributed by atoms with van der Waals surface area (Å²) in [5.74, 6) is 1.35. The zero-order valence-corrected chi connectivity index (χ0v) is 11.3. The number of carbonyl (C=O) groups excluding carboxylic acids is 2. The van der Waals surface area contributed by atoms with Crippen LogP contribution in [0, 0.1) is 17.8 Å². The molecule has 1 saturated carbocycles. The lowest BCUT2D eigenvalue weighted by atomic mass is 9.85. The number of esters is 1. The van der Waals surface area contributed by atoms with E-state index in [1.165, 1.54) is 0 Å². The summed E-state index contributed by atoms with van der Waals surface area (Å²) in [6.45, 7) is 7.72. The molecule has 0 N–H and O–H groups in total. The third-order valence-electron chi connectivity index (χ3n) is 4.54. The molecule has 100 valence electrons. The average Bonchev–Trinajstić information content (AvgIpc) is 2.46. The van der Waals surface area contributed by atoms with Gasteiger partial charge in [-0.25, -0.2) is 4.79 Å². The fourth-order valence-corrected chi connectivity index (χ4v) is 3.30. The van der Waals surface area contributed by atoms with Crippen LogP contribution >= 0.6 is 0 Å². The molecule has 1 aliphatic carbocycles. The second kappa shape index (κ2) is 5.25. The smallest absolute Gasteiger partial charge is 0.334 e. The Hall–Kier alpha value is -1.12. The summed E-state index contributed by atoms with van der Waals surface area (Å²) in [6.07, 6.45) is 4.63. The molecular weight excluding hydrogens is 228 g/mol. The van der Waals surface area contributed by atoms with E-state index in [1.54, 1.807) is 6.92 Å². The zero-order valence-electron chi connectivity index (χ0n) is 11.3. The predicted octanol–water partition coefficient (Wildman–Crippen LogP) is 2.89. The highest BCUT2D eigenvalue weighted by atomic mass is 16.6. The normalized spacial score (nSPS) is 35.9. The molecule has 0 aromatic rings. The van der Waals surface area contributed by atoms with E-state index in [0.717, 1.165) is 25.7 Å². The topological polar surface area (TPSA) is 43.4 Å². The molecule has 18 heavy (non-hydrogen) atoms. The van der Waals surface area contributed by atoms with Crippen LogP contribution in [-0.2, 0) is 14.3 Å². The van der Waals surface area contributed by atoms with Crippen LogP contribution in [0.2, 0.25) is 0 Å². The van der Waals surface area contributed by atoms with Crippen LogP contribution in [0.15, 0.2) is 12.2 Å². The van der Waals surface area contributed by atoms with E-state index in [9.17, 15) is 9.59 Å². The SMILES string of the molecule is C=C1C(=O)O[C@H]2C[C@H](C)[C@@H](CCC(C)=O)CC[C@H]12. The van der Waals surface area contributed by atoms with Gasteiger partial charge in [0.2, 0.25) is 0 Å². The van der Waals surface area contributed by atoms with Crippen LogP contribution in [0.5, 0.6) is 0 Å². The van der Waals surface area contributed by atoms with E-state index in [-0.39, 0.29) is 23.8 Å². The molecule has 3 heteroatoms. The van der Waals surface area contributed by atoms with E-state index in [4.69, 9.17) is 4.74 Å². The van der Waals surface area contributed by atoms with Gasteiger partial charge in [-0.05, 0) is 44.4 Å². The van der Waals surface area contributed by atoms with Gasteiger partial charge >= 0.3 is 5.97 Å². The maximum absolute atomic E-state index is 11.5. The van der Waals surface area contributed by atoms with Crippen LogP contribution in [0.1, 0.15) is 46.0 Å². The standard InChI is InChI=1S/C15H22O3/c1-9-8-14-13(11(3)15(17)18-14)7-6-12(9)5-4-10(2)16/h9,12-14H,3-8H2,1-2H3/t9-,12-,13+,14-/m0/s1. The largest absolute Gasteiger partial charge is 0.458 e.